The van der Waals surface area contributed by atoms with Gasteiger partial charge in [0.15, 0.2) is 0 Å². The minimum Gasteiger partial charge on any atom is -0.363 e. The van der Waals surface area contributed by atoms with Gasteiger partial charge in [-0.15, -0.1) is 0 Å². The molecule has 1 aliphatic heterocycles. The maximum absolute atomic E-state index is 13.5. The Morgan fingerprint density at radius 2 is 1.94 bits per heavy atom. The third-order valence-electron chi connectivity index (χ3n) is 5.33. The fourth-order valence-electron chi connectivity index (χ4n) is 3.63. The van der Waals surface area contributed by atoms with E-state index in [4.69, 9.17) is 17.2 Å². The van der Waals surface area contributed by atoms with Crippen LogP contribution in [0.5, 0.6) is 0 Å². The van der Waals surface area contributed by atoms with Crippen molar-refractivity contribution in [1.82, 2.24) is 14.3 Å². The van der Waals surface area contributed by atoms with E-state index in [1.807, 2.05) is 63.2 Å². The molecule has 3 aromatic rings. The van der Waals surface area contributed by atoms with Gasteiger partial charge >= 0.3 is 0 Å². The van der Waals surface area contributed by atoms with E-state index < -0.39 is 0 Å². The van der Waals surface area contributed by atoms with Crippen LogP contribution in [0.4, 0.5) is 5.82 Å². The number of thiocarbonyl (C=S) groups is 1. The van der Waals surface area contributed by atoms with Gasteiger partial charge in [-0.1, -0.05) is 67.3 Å². The summed E-state index contributed by atoms with van der Waals surface area (Å²) in [5.74, 6) is 0.277. The van der Waals surface area contributed by atoms with Crippen LogP contribution in [0.25, 0.3) is 11.7 Å². The summed E-state index contributed by atoms with van der Waals surface area (Å²) in [6.45, 7) is 6.49. The number of aromatic nitrogens is 2. The number of anilines is 1. The quantitative estimate of drug-likeness (QED) is 0.418. The average Bonchev–Trinajstić information content (AvgIpc) is 3.05. The molecule has 1 unspecified atom stereocenters. The second-order valence-corrected chi connectivity index (χ2v) is 9.35. The summed E-state index contributed by atoms with van der Waals surface area (Å²) in [4.78, 5) is 33.2. The first-order valence-electron chi connectivity index (χ1n) is 10.5. The molecular formula is C24H24N4O2S2. The Bertz CT molecular complexity index is 1280. The number of benzene rings is 1. The molecule has 8 heteroatoms. The lowest BCUT2D eigenvalue weighted by Crippen LogP contribution is -2.28. The number of rotatable bonds is 6. The van der Waals surface area contributed by atoms with Crippen molar-refractivity contribution in [3.05, 3.63) is 80.6 Å². The molecule has 2 aromatic heterocycles. The molecule has 1 atom stereocenters. The molecule has 164 valence electrons. The highest BCUT2D eigenvalue weighted by Crippen LogP contribution is 2.33. The second-order valence-electron chi connectivity index (χ2n) is 7.67. The lowest BCUT2D eigenvalue weighted by atomic mass is 10.1. The lowest BCUT2D eigenvalue weighted by Gasteiger charge is -2.18. The number of pyridine rings is 1. The second kappa shape index (κ2) is 9.26. The number of amides is 1. The van der Waals surface area contributed by atoms with E-state index in [2.05, 4.69) is 5.32 Å². The highest BCUT2D eigenvalue weighted by Gasteiger charge is 2.32. The molecule has 0 saturated carbocycles. The number of hydrogen-bond acceptors (Lipinski definition) is 6. The van der Waals surface area contributed by atoms with Crippen LogP contribution in [-0.2, 0) is 4.79 Å². The normalized spacial score (nSPS) is 16.2. The zero-order valence-corrected chi connectivity index (χ0v) is 19.8. The van der Waals surface area contributed by atoms with Crippen LogP contribution in [0.3, 0.4) is 0 Å². The first-order chi connectivity index (χ1) is 15.4. The summed E-state index contributed by atoms with van der Waals surface area (Å²) in [6, 6.07) is 13.6. The molecule has 4 rings (SSSR count). The number of carbonyl (C=O) groups excluding carboxylic acids is 1. The number of nitrogens with zero attached hydrogens (tertiary/aromatic N) is 3. The summed E-state index contributed by atoms with van der Waals surface area (Å²) in [7, 11) is 0. The van der Waals surface area contributed by atoms with Crippen LogP contribution >= 0.6 is 24.0 Å². The Hall–Kier alpha value is -2.97. The fourth-order valence-corrected chi connectivity index (χ4v) is 4.92. The van der Waals surface area contributed by atoms with Gasteiger partial charge in [0.25, 0.3) is 11.5 Å². The van der Waals surface area contributed by atoms with Crippen molar-refractivity contribution in [2.75, 3.05) is 11.9 Å². The summed E-state index contributed by atoms with van der Waals surface area (Å²) < 4.78 is 2.03. The number of fused-ring (bicyclic) bond motifs is 1. The predicted octanol–water partition coefficient (Wildman–Crippen LogP) is 4.79. The van der Waals surface area contributed by atoms with Gasteiger partial charge in [0.1, 0.15) is 15.8 Å². The highest BCUT2D eigenvalue weighted by atomic mass is 32.2. The third kappa shape index (κ3) is 4.20. The van der Waals surface area contributed by atoms with Crippen LogP contribution in [0.15, 0.2) is 58.4 Å². The monoisotopic (exact) mass is 464 g/mol. The first-order valence-corrected chi connectivity index (χ1v) is 11.7. The van der Waals surface area contributed by atoms with Crippen molar-refractivity contribution in [2.24, 2.45) is 0 Å². The smallest absolute Gasteiger partial charge is 0.267 e. The topological polar surface area (TPSA) is 66.7 Å². The predicted molar refractivity (Wildman–Crippen MR) is 135 cm³/mol. The molecule has 3 heterocycles. The standard InChI is InChI=1S/C24H24N4O2S2/c1-4-12-28-23(30)19(32-24(28)31)14-18-20(25-16(3)17-10-6-5-7-11-17)26-21-15(2)9-8-13-27(21)22(18)29/h5-11,13-14,16,25H,4,12H2,1-3H3/b19-14+. The number of carbonyl (C=O) groups is 1. The fraction of sp³-hybridized carbons (Fsp3) is 0.250. The Balaban J connectivity index is 1.84. The van der Waals surface area contributed by atoms with Crippen LogP contribution in [0, 0.1) is 6.92 Å². The van der Waals surface area contributed by atoms with Crippen molar-refractivity contribution in [3.63, 3.8) is 0 Å². The molecule has 0 radical (unpaired) electrons. The Labute approximate surface area is 196 Å². The van der Waals surface area contributed by atoms with Gasteiger partial charge in [-0.25, -0.2) is 4.98 Å². The highest BCUT2D eigenvalue weighted by molar-refractivity contribution is 8.26. The molecule has 0 bridgehead atoms. The Morgan fingerprint density at radius 3 is 2.66 bits per heavy atom. The Kier molecular flexibility index (Phi) is 6.43. The zero-order chi connectivity index (χ0) is 22.8. The van der Waals surface area contributed by atoms with Crippen molar-refractivity contribution in [1.29, 1.82) is 0 Å². The van der Waals surface area contributed by atoms with Crippen LogP contribution in [0.2, 0.25) is 0 Å². The number of aryl methyl sites for hydroxylation is 1. The summed E-state index contributed by atoms with van der Waals surface area (Å²) in [5, 5.41) is 3.39. The largest absolute Gasteiger partial charge is 0.363 e. The van der Waals surface area contributed by atoms with E-state index >= 15 is 0 Å². The van der Waals surface area contributed by atoms with Crippen molar-refractivity contribution in [3.8, 4) is 0 Å². The molecule has 1 fully saturated rings. The van der Waals surface area contributed by atoms with Gasteiger partial charge in [-0.3, -0.25) is 18.9 Å². The van der Waals surface area contributed by atoms with Crippen LogP contribution in [0.1, 0.15) is 43.0 Å². The molecule has 0 spiro atoms. The SMILES string of the molecule is CCCN1C(=O)/C(=C\c2c(NC(C)c3ccccc3)nc3c(C)cccn3c2=O)SC1=S. The molecule has 1 aliphatic rings. The first kappa shape index (κ1) is 22.2. The summed E-state index contributed by atoms with van der Waals surface area (Å²) in [6.07, 6.45) is 4.13. The van der Waals surface area contributed by atoms with E-state index in [0.717, 1.165) is 17.5 Å². The number of thioether (sulfide) groups is 1. The van der Waals surface area contributed by atoms with Gasteiger partial charge < -0.3 is 5.32 Å². The number of hydrogen-bond donors (Lipinski definition) is 1. The maximum Gasteiger partial charge on any atom is 0.267 e. The van der Waals surface area contributed by atoms with Crippen LogP contribution in [-0.4, -0.2) is 31.1 Å². The van der Waals surface area contributed by atoms with Gasteiger partial charge in [-0.05, 0) is 43.5 Å². The molecule has 1 N–H and O–H groups in total. The molecule has 1 saturated heterocycles. The lowest BCUT2D eigenvalue weighted by molar-refractivity contribution is -0.122. The molecule has 1 aromatic carbocycles. The van der Waals surface area contributed by atoms with E-state index in [1.54, 1.807) is 17.2 Å². The minimum absolute atomic E-state index is 0.0867. The molecule has 1 amide bonds. The Morgan fingerprint density at radius 1 is 1.19 bits per heavy atom. The zero-order valence-electron chi connectivity index (χ0n) is 18.2. The molecule has 6 nitrogen and oxygen atoms in total. The van der Waals surface area contributed by atoms with Crippen molar-refractivity contribution in [2.45, 2.75) is 33.2 Å². The number of nitrogens with one attached hydrogen (secondary N) is 1. The van der Waals surface area contributed by atoms with E-state index in [-0.39, 0.29) is 17.5 Å². The minimum atomic E-state index is -0.234. The summed E-state index contributed by atoms with van der Waals surface area (Å²) in [5.41, 5.74) is 2.64. The summed E-state index contributed by atoms with van der Waals surface area (Å²) >= 11 is 6.61. The van der Waals surface area contributed by atoms with Gasteiger partial charge in [0.05, 0.1) is 10.5 Å². The molecular weight excluding hydrogens is 440 g/mol. The van der Waals surface area contributed by atoms with Crippen LogP contribution < -0.4 is 10.9 Å². The maximum atomic E-state index is 13.5. The van der Waals surface area contributed by atoms with Gasteiger partial charge in [-0.2, -0.15) is 0 Å². The molecule has 32 heavy (non-hydrogen) atoms. The van der Waals surface area contributed by atoms with Crippen molar-refractivity contribution < 1.29 is 4.79 Å². The molecule has 0 aliphatic carbocycles. The average molecular weight is 465 g/mol. The van der Waals surface area contributed by atoms with E-state index in [9.17, 15) is 9.59 Å². The van der Waals surface area contributed by atoms with E-state index in [1.165, 1.54) is 16.2 Å². The van der Waals surface area contributed by atoms with Gasteiger partial charge in [0, 0.05) is 18.8 Å². The van der Waals surface area contributed by atoms with Crippen molar-refractivity contribution >= 4 is 51.7 Å². The third-order valence-corrected chi connectivity index (χ3v) is 6.71. The van der Waals surface area contributed by atoms with E-state index in [0.29, 0.717) is 32.8 Å². The van der Waals surface area contributed by atoms with Gasteiger partial charge in [0.2, 0.25) is 0 Å².